The number of carbonyl (C=O) groups is 1. The second-order valence-electron chi connectivity index (χ2n) is 6.81. The first-order valence-electron chi connectivity index (χ1n) is 9.52. The molecule has 0 heterocycles. The molecule has 0 aliphatic carbocycles. The Hall–Kier alpha value is -2.49. The van der Waals surface area contributed by atoms with Gasteiger partial charge in [0, 0.05) is 16.8 Å². The third-order valence-corrected chi connectivity index (χ3v) is 5.22. The van der Waals surface area contributed by atoms with Crippen molar-refractivity contribution in [3.05, 3.63) is 81.8 Å². The van der Waals surface area contributed by atoms with E-state index in [9.17, 15) is 4.79 Å². The minimum absolute atomic E-state index is 0.120. The molecule has 0 aromatic heterocycles. The average molecular weight is 428 g/mol. The Balaban J connectivity index is 1.75. The summed E-state index contributed by atoms with van der Waals surface area (Å²) in [5.74, 6) is 0.560. The Morgan fingerprint density at radius 1 is 0.966 bits per heavy atom. The van der Waals surface area contributed by atoms with Gasteiger partial charge in [0.2, 0.25) is 5.91 Å². The van der Waals surface area contributed by atoms with E-state index in [1.807, 2.05) is 36.4 Å². The minimum atomic E-state index is -0.120. The highest BCUT2D eigenvalue weighted by Crippen LogP contribution is 2.41. The zero-order chi connectivity index (χ0) is 20.8. The molecule has 1 N–H and O–H groups in total. The Kier molecular flexibility index (Phi) is 7.18. The van der Waals surface area contributed by atoms with Gasteiger partial charge in [-0.25, -0.2) is 0 Å². The molecule has 0 spiro atoms. The van der Waals surface area contributed by atoms with Crippen molar-refractivity contribution >= 4 is 34.8 Å². The number of amides is 1. The van der Waals surface area contributed by atoms with Crippen LogP contribution in [0.5, 0.6) is 5.75 Å². The van der Waals surface area contributed by atoms with Crippen molar-refractivity contribution in [2.24, 2.45) is 0 Å². The molecule has 0 bridgehead atoms. The number of benzene rings is 3. The van der Waals surface area contributed by atoms with E-state index in [1.165, 1.54) is 5.56 Å². The second-order valence-corrected chi connectivity index (χ2v) is 7.62. The van der Waals surface area contributed by atoms with Crippen LogP contribution in [0.3, 0.4) is 0 Å². The smallest absolute Gasteiger partial charge is 0.228 e. The number of rotatable bonds is 7. The number of aryl methyl sites for hydroxylation is 1. The number of carbonyl (C=O) groups excluding carboxylic acids is 1. The van der Waals surface area contributed by atoms with E-state index in [1.54, 1.807) is 19.2 Å². The topological polar surface area (TPSA) is 38.3 Å². The van der Waals surface area contributed by atoms with Crippen LogP contribution in [-0.2, 0) is 17.6 Å². The van der Waals surface area contributed by atoms with Gasteiger partial charge in [-0.1, -0.05) is 79.0 Å². The summed E-state index contributed by atoms with van der Waals surface area (Å²) in [6, 6.07) is 19.1. The summed E-state index contributed by atoms with van der Waals surface area (Å²) in [4.78, 5) is 12.5. The summed E-state index contributed by atoms with van der Waals surface area (Å²) in [6.45, 7) is 2.15. The molecule has 3 rings (SSSR count). The lowest BCUT2D eigenvalue weighted by Gasteiger charge is -2.14. The van der Waals surface area contributed by atoms with Gasteiger partial charge in [-0.3, -0.25) is 4.79 Å². The number of methoxy groups -OCH3 is 1. The van der Waals surface area contributed by atoms with Crippen LogP contribution in [-0.4, -0.2) is 13.0 Å². The van der Waals surface area contributed by atoms with Gasteiger partial charge in [-0.05, 0) is 35.7 Å². The molecule has 3 aromatic rings. The molecule has 5 heteroatoms. The monoisotopic (exact) mass is 427 g/mol. The molecule has 3 aromatic carbocycles. The van der Waals surface area contributed by atoms with Crippen molar-refractivity contribution in [2.45, 2.75) is 26.2 Å². The lowest BCUT2D eigenvalue weighted by atomic mass is 10.0. The highest BCUT2D eigenvalue weighted by molar-refractivity contribution is 6.40. The summed E-state index contributed by atoms with van der Waals surface area (Å²) in [5.41, 5.74) is 4.28. The standard InChI is InChI=1S/C24H23Cl2NO2/c1-3-6-16-9-11-17(12-10-16)13-23(28)27-18-14-20(25)24(21(26)15-18)19-7-4-5-8-22(19)29-2/h4-5,7-12,14-15H,3,6,13H2,1-2H3,(H,27,28). The lowest BCUT2D eigenvalue weighted by Crippen LogP contribution is -2.14. The SMILES string of the molecule is CCCc1ccc(CC(=O)Nc2cc(Cl)c(-c3ccccc3OC)c(Cl)c2)cc1. The number of hydrogen-bond donors (Lipinski definition) is 1. The van der Waals surface area contributed by atoms with Gasteiger partial charge in [0.05, 0.1) is 23.6 Å². The fourth-order valence-electron chi connectivity index (χ4n) is 3.26. The Morgan fingerprint density at radius 3 is 2.21 bits per heavy atom. The van der Waals surface area contributed by atoms with Crippen LogP contribution in [0.1, 0.15) is 24.5 Å². The largest absolute Gasteiger partial charge is 0.496 e. The van der Waals surface area contributed by atoms with Crippen LogP contribution in [0.4, 0.5) is 5.69 Å². The normalized spacial score (nSPS) is 10.6. The van der Waals surface area contributed by atoms with Crippen LogP contribution < -0.4 is 10.1 Å². The van der Waals surface area contributed by atoms with E-state index >= 15 is 0 Å². The number of anilines is 1. The van der Waals surface area contributed by atoms with Crippen LogP contribution in [0.15, 0.2) is 60.7 Å². The van der Waals surface area contributed by atoms with Crippen LogP contribution in [0.25, 0.3) is 11.1 Å². The molecule has 0 unspecified atom stereocenters. The fraction of sp³-hybridized carbons (Fsp3) is 0.208. The Bertz CT molecular complexity index is 977. The van der Waals surface area contributed by atoms with Gasteiger partial charge in [-0.2, -0.15) is 0 Å². The quantitative estimate of drug-likeness (QED) is 0.449. The summed E-state index contributed by atoms with van der Waals surface area (Å²) in [6.07, 6.45) is 2.43. The number of halogens is 2. The highest BCUT2D eigenvalue weighted by Gasteiger charge is 2.15. The number of para-hydroxylation sites is 1. The molecule has 0 radical (unpaired) electrons. The average Bonchev–Trinajstić information content (AvgIpc) is 2.69. The van der Waals surface area contributed by atoms with Crippen LogP contribution >= 0.6 is 23.2 Å². The lowest BCUT2D eigenvalue weighted by molar-refractivity contribution is -0.115. The summed E-state index contributed by atoms with van der Waals surface area (Å²) >= 11 is 13.0. The van der Waals surface area contributed by atoms with E-state index in [-0.39, 0.29) is 12.3 Å². The van der Waals surface area contributed by atoms with Crippen molar-refractivity contribution in [3.8, 4) is 16.9 Å². The van der Waals surface area contributed by atoms with Gasteiger partial charge in [0.25, 0.3) is 0 Å². The van der Waals surface area contributed by atoms with Gasteiger partial charge in [0.1, 0.15) is 5.75 Å². The molecule has 0 aliphatic heterocycles. The first-order valence-corrected chi connectivity index (χ1v) is 10.3. The number of ether oxygens (including phenoxy) is 1. The van der Waals surface area contributed by atoms with Crippen molar-refractivity contribution in [1.82, 2.24) is 0 Å². The third-order valence-electron chi connectivity index (χ3n) is 4.63. The van der Waals surface area contributed by atoms with E-state index in [4.69, 9.17) is 27.9 Å². The van der Waals surface area contributed by atoms with Gasteiger partial charge >= 0.3 is 0 Å². The Labute approximate surface area is 181 Å². The molecule has 0 aliphatic rings. The molecule has 0 saturated carbocycles. The molecular weight excluding hydrogens is 405 g/mol. The molecule has 0 saturated heterocycles. The van der Waals surface area contributed by atoms with Crippen LogP contribution in [0, 0.1) is 0 Å². The van der Waals surface area contributed by atoms with Crippen molar-refractivity contribution in [2.75, 3.05) is 12.4 Å². The molecule has 29 heavy (non-hydrogen) atoms. The molecule has 1 amide bonds. The zero-order valence-electron chi connectivity index (χ0n) is 16.5. The predicted octanol–water partition coefficient (Wildman–Crippen LogP) is 6.80. The van der Waals surface area contributed by atoms with E-state index in [2.05, 4.69) is 24.4 Å². The molecule has 0 fully saturated rings. The Morgan fingerprint density at radius 2 is 1.59 bits per heavy atom. The first-order chi connectivity index (χ1) is 14.0. The van der Waals surface area contributed by atoms with Crippen molar-refractivity contribution in [3.63, 3.8) is 0 Å². The summed E-state index contributed by atoms with van der Waals surface area (Å²) < 4.78 is 5.41. The first kappa shape index (κ1) is 21.2. The van der Waals surface area contributed by atoms with E-state index in [0.29, 0.717) is 27.0 Å². The maximum absolute atomic E-state index is 12.5. The number of nitrogens with one attached hydrogen (secondary N) is 1. The molecule has 3 nitrogen and oxygen atoms in total. The maximum Gasteiger partial charge on any atom is 0.228 e. The number of hydrogen-bond acceptors (Lipinski definition) is 2. The predicted molar refractivity (Wildman–Crippen MR) is 121 cm³/mol. The molecule has 0 atom stereocenters. The van der Waals surface area contributed by atoms with Gasteiger partial charge in [-0.15, -0.1) is 0 Å². The van der Waals surface area contributed by atoms with Crippen LogP contribution in [0.2, 0.25) is 10.0 Å². The van der Waals surface area contributed by atoms with Crippen molar-refractivity contribution in [1.29, 1.82) is 0 Å². The summed E-state index contributed by atoms with van der Waals surface area (Å²) in [5, 5.41) is 3.77. The minimum Gasteiger partial charge on any atom is -0.496 e. The second kappa shape index (κ2) is 9.82. The fourth-order valence-corrected chi connectivity index (χ4v) is 3.95. The zero-order valence-corrected chi connectivity index (χ0v) is 18.0. The van der Waals surface area contributed by atoms with E-state index in [0.717, 1.165) is 24.0 Å². The highest BCUT2D eigenvalue weighted by atomic mass is 35.5. The van der Waals surface area contributed by atoms with Gasteiger partial charge in [0.15, 0.2) is 0 Å². The van der Waals surface area contributed by atoms with Crippen molar-refractivity contribution < 1.29 is 9.53 Å². The maximum atomic E-state index is 12.5. The summed E-state index contributed by atoms with van der Waals surface area (Å²) in [7, 11) is 1.60. The van der Waals surface area contributed by atoms with E-state index < -0.39 is 0 Å². The molecular formula is C24H23Cl2NO2. The molecule has 150 valence electrons. The third kappa shape index (κ3) is 5.31. The van der Waals surface area contributed by atoms with Gasteiger partial charge < -0.3 is 10.1 Å².